The van der Waals surface area contributed by atoms with E-state index in [9.17, 15) is 0 Å². The van der Waals surface area contributed by atoms with Crippen LogP contribution in [0.25, 0.3) is 21.5 Å². The summed E-state index contributed by atoms with van der Waals surface area (Å²) >= 11 is 0. The zero-order valence-electron chi connectivity index (χ0n) is 16.6. The lowest BCUT2D eigenvalue weighted by molar-refractivity contribution is 0.516. The van der Waals surface area contributed by atoms with Gasteiger partial charge in [0.25, 0.3) is 0 Å². The van der Waals surface area contributed by atoms with E-state index in [1.54, 1.807) is 16.0 Å². The number of fused-ring (bicyclic) bond motifs is 2. The Bertz CT molecular complexity index is 1000. The van der Waals surface area contributed by atoms with Gasteiger partial charge in [-0.15, -0.1) is 0 Å². The van der Waals surface area contributed by atoms with Crippen LogP contribution in [0.2, 0.25) is 13.1 Å². The molecule has 3 aromatic carbocycles. The van der Waals surface area contributed by atoms with E-state index in [1.165, 1.54) is 21.5 Å². The van der Waals surface area contributed by atoms with Crippen LogP contribution in [0.3, 0.4) is 0 Å². The molecule has 4 rings (SSSR count). The van der Waals surface area contributed by atoms with Gasteiger partial charge in [0, 0.05) is 0 Å². The monoisotopic (exact) mass is 356 g/mol. The van der Waals surface area contributed by atoms with Gasteiger partial charge < -0.3 is 0 Å². The highest BCUT2D eigenvalue weighted by Gasteiger charge is 2.36. The summed E-state index contributed by atoms with van der Waals surface area (Å²) in [6.45, 7) is 12.2. The molecule has 0 amide bonds. The Morgan fingerprint density at radius 2 is 1.35 bits per heavy atom. The molecule has 0 bridgehead atoms. The quantitative estimate of drug-likeness (QED) is 0.352. The molecule has 0 saturated heterocycles. The summed E-state index contributed by atoms with van der Waals surface area (Å²) in [5.74, 6) is 0. The van der Waals surface area contributed by atoms with Crippen molar-refractivity contribution in [2.24, 2.45) is 5.41 Å². The third-order valence-electron chi connectivity index (χ3n) is 5.89. The van der Waals surface area contributed by atoms with Crippen LogP contribution in [0.15, 0.2) is 77.5 Å². The molecule has 0 aliphatic heterocycles. The van der Waals surface area contributed by atoms with Crippen LogP contribution in [0.5, 0.6) is 0 Å². The summed E-state index contributed by atoms with van der Waals surface area (Å²) in [6.07, 6.45) is 5.87. The van der Waals surface area contributed by atoms with Crippen LogP contribution < -0.4 is 5.19 Å². The molecule has 0 radical (unpaired) electrons. The average Bonchev–Trinajstić information content (AvgIpc) is 3.10. The zero-order chi connectivity index (χ0) is 18.5. The van der Waals surface area contributed by atoms with Crippen molar-refractivity contribution >= 4 is 34.8 Å². The van der Waals surface area contributed by atoms with Crippen molar-refractivity contribution in [2.75, 3.05) is 0 Å². The molecular formula is C25H28Si. The highest BCUT2D eigenvalue weighted by atomic mass is 28.3. The largest absolute Gasteiger partial charge is 0.109 e. The molecule has 0 aromatic heterocycles. The normalized spacial score (nSPS) is 15.4. The van der Waals surface area contributed by atoms with E-state index in [-0.39, 0.29) is 5.41 Å². The summed E-state index contributed by atoms with van der Waals surface area (Å²) < 4.78 is 0. The molecular weight excluding hydrogens is 328 g/mol. The number of allylic oxidation sites excluding steroid dienone is 4. The maximum absolute atomic E-state index is 2.55. The molecule has 0 unspecified atom stereocenters. The maximum atomic E-state index is 2.55. The van der Waals surface area contributed by atoms with E-state index in [0.29, 0.717) is 0 Å². The molecule has 0 atom stereocenters. The molecule has 0 fully saturated rings. The van der Waals surface area contributed by atoms with Gasteiger partial charge >= 0.3 is 0 Å². The van der Waals surface area contributed by atoms with E-state index < -0.39 is 8.07 Å². The van der Waals surface area contributed by atoms with Crippen molar-refractivity contribution in [3.8, 4) is 0 Å². The first-order valence-electron chi connectivity index (χ1n) is 9.62. The second-order valence-electron chi connectivity index (χ2n) is 9.07. The third kappa shape index (κ3) is 2.66. The standard InChI is InChI=1S/C25H28Si/c1-25(2,3)22-15-10-16-23(22)26(4,5)24-20-13-8-6-11-18(20)17-19-12-7-9-14-21(19)24/h6-15,17H,16H2,1-5H3. The molecule has 1 aliphatic rings. The summed E-state index contributed by atoms with van der Waals surface area (Å²) in [5, 5.41) is 8.92. The molecule has 3 aromatic rings. The predicted octanol–water partition coefficient (Wildman–Crippen LogP) is 6.75. The summed E-state index contributed by atoms with van der Waals surface area (Å²) in [5.41, 5.74) is 1.76. The fourth-order valence-electron chi connectivity index (χ4n) is 4.64. The Kier molecular flexibility index (Phi) is 3.96. The fourth-order valence-corrected chi connectivity index (χ4v) is 8.50. The van der Waals surface area contributed by atoms with Gasteiger partial charge in [-0.2, -0.15) is 0 Å². The third-order valence-corrected chi connectivity index (χ3v) is 9.66. The molecule has 1 aliphatic carbocycles. The van der Waals surface area contributed by atoms with Crippen LogP contribution in [-0.4, -0.2) is 8.07 Å². The SMILES string of the molecule is CC(C)(C)C1=C([Si](C)(C)c2c3ccccc3cc3ccccc23)CC=C1. The summed E-state index contributed by atoms with van der Waals surface area (Å²) in [7, 11) is -1.83. The second kappa shape index (κ2) is 5.96. The van der Waals surface area contributed by atoms with Crippen LogP contribution in [0.1, 0.15) is 27.2 Å². The number of hydrogen-bond donors (Lipinski definition) is 0. The van der Waals surface area contributed by atoms with E-state index >= 15 is 0 Å². The van der Waals surface area contributed by atoms with Crippen LogP contribution in [0.4, 0.5) is 0 Å². The van der Waals surface area contributed by atoms with Gasteiger partial charge in [-0.1, -0.05) is 99.7 Å². The first-order chi connectivity index (χ1) is 12.3. The summed E-state index contributed by atoms with van der Waals surface area (Å²) in [4.78, 5) is 0. The predicted molar refractivity (Wildman–Crippen MR) is 119 cm³/mol. The molecule has 0 spiro atoms. The average molecular weight is 357 g/mol. The lowest BCUT2D eigenvalue weighted by atomic mass is 9.87. The smallest absolute Gasteiger partial charge is 0.0805 e. The van der Waals surface area contributed by atoms with Gasteiger partial charge in [0.05, 0.1) is 0 Å². The number of benzene rings is 3. The molecule has 0 nitrogen and oxygen atoms in total. The van der Waals surface area contributed by atoms with Crippen molar-refractivity contribution in [3.05, 3.63) is 77.5 Å². The van der Waals surface area contributed by atoms with Crippen molar-refractivity contribution in [1.82, 2.24) is 0 Å². The van der Waals surface area contributed by atoms with Gasteiger partial charge in [0.2, 0.25) is 0 Å². The first-order valence-corrected chi connectivity index (χ1v) is 12.6. The van der Waals surface area contributed by atoms with Crippen molar-refractivity contribution in [2.45, 2.75) is 40.3 Å². The first kappa shape index (κ1) is 17.3. The minimum atomic E-state index is -1.83. The van der Waals surface area contributed by atoms with Gasteiger partial charge in [-0.25, -0.2) is 0 Å². The van der Waals surface area contributed by atoms with Gasteiger partial charge in [-0.05, 0) is 50.2 Å². The van der Waals surface area contributed by atoms with Crippen LogP contribution in [0, 0.1) is 5.41 Å². The minimum Gasteiger partial charge on any atom is -0.0805 e. The van der Waals surface area contributed by atoms with E-state index in [0.717, 1.165) is 6.42 Å². The molecule has 0 saturated carbocycles. The van der Waals surface area contributed by atoms with E-state index in [4.69, 9.17) is 0 Å². The maximum Gasteiger partial charge on any atom is 0.109 e. The zero-order valence-corrected chi connectivity index (χ0v) is 17.6. The fraction of sp³-hybridized carbons (Fsp3) is 0.280. The molecule has 0 heterocycles. The lowest BCUT2D eigenvalue weighted by Gasteiger charge is -2.33. The highest BCUT2D eigenvalue weighted by Crippen LogP contribution is 2.39. The van der Waals surface area contributed by atoms with Gasteiger partial charge in [-0.3, -0.25) is 0 Å². The molecule has 132 valence electrons. The highest BCUT2D eigenvalue weighted by molar-refractivity contribution is 6.98. The number of rotatable bonds is 2. The van der Waals surface area contributed by atoms with Crippen molar-refractivity contribution in [3.63, 3.8) is 0 Å². The van der Waals surface area contributed by atoms with Crippen LogP contribution >= 0.6 is 0 Å². The van der Waals surface area contributed by atoms with E-state index in [2.05, 4.69) is 101 Å². The lowest BCUT2D eigenvalue weighted by Crippen LogP contribution is -2.45. The Balaban J connectivity index is 2.09. The van der Waals surface area contributed by atoms with E-state index in [1.807, 2.05) is 0 Å². The minimum absolute atomic E-state index is 0.201. The topological polar surface area (TPSA) is 0 Å². The number of hydrogen-bond acceptors (Lipinski definition) is 0. The Labute approximate surface area is 158 Å². The van der Waals surface area contributed by atoms with Gasteiger partial charge in [0.1, 0.15) is 8.07 Å². The Morgan fingerprint density at radius 3 is 1.88 bits per heavy atom. The van der Waals surface area contributed by atoms with Crippen molar-refractivity contribution in [1.29, 1.82) is 0 Å². The van der Waals surface area contributed by atoms with Crippen molar-refractivity contribution < 1.29 is 0 Å². The second-order valence-corrected chi connectivity index (χ2v) is 13.4. The Hall–Kier alpha value is -2.12. The molecule has 26 heavy (non-hydrogen) atoms. The Morgan fingerprint density at radius 1 is 0.808 bits per heavy atom. The van der Waals surface area contributed by atoms with Gasteiger partial charge in [0.15, 0.2) is 0 Å². The molecule has 1 heteroatoms. The molecule has 0 N–H and O–H groups in total. The van der Waals surface area contributed by atoms with Crippen LogP contribution in [-0.2, 0) is 0 Å². The summed E-state index contributed by atoms with van der Waals surface area (Å²) in [6, 6.07) is 20.2.